The van der Waals surface area contributed by atoms with Crippen LogP contribution in [-0.4, -0.2) is 48.6 Å². The lowest BCUT2D eigenvalue weighted by Gasteiger charge is -2.31. The normalized spacial score (nSPS) is 27.4. The highest BCUT2D eigenvalue weighted by Crippen LogP contribution is 2.34. The van der Waals surface area contributed by atoms with Gasteiger partial charge in [-0.15, -0.1) is 0 Å². The van der Waals surface area contributed by atoms with E-state index in [1.165, 1.54) is 11.1 Å². The minimum atomic E-state index is -0.345. The second-order valence-electron chi connectivity index (χ2n) is 8.44. The van der Waals surface area contributed by atoms with Crippen LogP contribution in [0, 0.1) is 0 Å². The minimum Gasteiger partial charge on any atom is -0.367 e. The Morgan fingerprint density at radius 1 is 1.13 bits per heavy atom. The second kappa shape index (κ2) is 9.69. The van der Waals surface area contributed by atoms with Crippen molar-refractivity contribution in [3.05, 3.63) is 83.9 Å². The van der Waals surface area contributed by atoms with E-state index in [2.05, 4.69) is 90.5 Å². The summed E-state index contributed by atoms with van der Waals surface area (Å²) in [5, 5.41) is 0. The zero-order valence-corrected chi connectivity index (χ0v) is 18.0. The molecule has 2 aliphatic heterocycles. The number of dihydropyridines is 1. The fourth-order valence-electron chi connectivity index (χ4n) is 4.31. The van der Waals surface area contributed by atoms with Crippen LogP contribution in [0.1, 0.15) is 37.6 Å². The maximum absolute atomic E-state index is 6.56. The Balaban J connectivity index is 1.49. The van der Waals surface area contributed by atoms with Crippen molar-refractivity contribution in [1.29, 1.82) is 0 Å². The summed E-state index contributed by atoms with van der Waals surface area (Å²) in [6, 6.07) is 21.7. The zero-order chi connectivity index (χ0) is 20.8. The van der Waals surface area contributed by atoms with Crippen LogP contribution in [0.3, 0.4) is 0 Å². The molecule has 2 aromatic carbocycles. The van der Waals surface area contributed by atoms with Crippen molar-refractivity contribution in [2.45, 2.75) is 50.7 Å². The van der Waals surface area contributed by atoms with Crippen LogP contribution in [0.2, 0.25) is 0 Å². The molecule has 30 heavy (non-hydrogen) atoms. The molecule has 4 rings (SSSR count). The lowest BCUT2D eigenvalue weighted by atomic mass is 10.0. The summed E-state index contributed by atoms with van der Waals surface area (Å²) < 4.78 is 12.8. The van der Waals surface area contributed by atoms with Gasteiger partial charge in [0, 0.05) is 18.8 Å². The summed E-state index contributed by atoms with van der Waals surface area (Å²) in [5.41, 5.74) is 2.23. The van der Waals surface area contributed by atoms with Gasteiger partial charge >= 0.3 is 0 Å². The molecule has 0 aliphatic carbocycles. The molecule has 1 fully saturated rings. The Bertz CT molecular complexity index is 852. The summed E-state index contributed by atoms with van der Waals surface area (Å²) in [5.74, 6) is 0. The van der Waals surface area contributed by atoms with Gasteiger partial charge in [0.15, 0.2) is 0 Å². The van der Waals surface area contributed by atoms with Gasteiger partial charge in [0.05, 0.1) is 19.3 Å². The summed E-state index contributed by atoms with van der Waals surface area (Å²) in [6.07, 6.45) is 7.98. The summed E-state index contributed by atoms with van der Waals surface area (Å²) >= 11 is 0. The third-order valence-electron chi connectivity index (χ3n) is 6.02. The van der Waals surface area contributed by atoms with Crippen LogP contribution in [-0.2, 0) is 15.9 Å². The molecule has 0 saturated carbocycles. The summed E-state index contributed by atoms with van der Waals surface area (Å²) in [4.78, 5) is 6.87. The largest absolute Gasteiger partial charge is 0.367 e. The van der Waals surface area contributed by atoms with E-state index in [9.17, 15) is 0 Å². The van der Waals surface area contributed by atoms with Crippen molar-refractivity contribution in [3.8, 4) is 0 Å². The average Bonchev–Trinajstić information content (AvgIpc) is 3.22. The number of hydrogen-bond acceptors (Lipinski definition) is 4. The van der Waals surface area contributed by atoms with Crippen LogP contribution in [0.25, 0.3) is 0 Å². The highest BCUT2D eigenvalue weighted by molar-refractivity contribution is 5.72. The molecule has 2 heterocycles. The molecule has 4 atom stereocenters. The number of nitrogens with zero attached hydrogens (tertiary/aromatic N) is 2. The van der Waals surface area contributed by atoms with Crippen molar-refractivity contribution >= 4 is 6.21 Å². The van der Waals surface area contributed by atoms with Gasteiger partial charge in [-0.3, -0.25) is 9.89 Å². The Morgan fingerprint density at radius 3 is 2.53 bits per heavy atom. The molecule has 2 aliphatic rings. The van der Waals surface area contributed by atoms with Crippen LogP contribution in [0.15, 0.2) is 77.8 Å². The molecular formula is C26H32N2O2. The first kappa shape index (κ1) is 21.0. The van der Waals surface area contributed by atoms with Gasteiger partial charge < -0.3 is 9.47 Å². The summed E-state index contributed by atoms with van der Waals surface area (Å²) in [6.45, 7) is 6.45. The van der Waals surface area contributed by atoms with Crippen LogP contribution in [0.5, 0.6) is 0 Å². The Kier molecular flexibility index (Phi) is 6.78. The topological polar surface area (TPSA) is 34.1 Å². The van der Waals surface area contributed by atoms with Gasteiger partial charge in [-0.1, -0.05) is 67.6 Å². The minimum absolute atomic E-state index is 0.0381. The molecular weight excluding hydrogens is 372 g/mol. The molecule has 0 bridgehead atoms. The van der Waals surface area contributed by atoms with E-state index in [0.29, 0.717) is 19.2 Å². The lowest BCUT2D eigenvalue weighted by molar-refractivity contribution is -0.0719. The average molecular weight is 405 g/mol. The van der Waals surface area contributed by atoms with Crippen molar-refractivity contribution in [1.82, 2.24) is 4.90 Å². The fraction of sp³-hybridized carbons (Fsp3) is 0.423. The molecule has 158 valence electrons. The third kappa shape index (κ3) is 5.07. The maximum Gasteiger partial charge on any atom is 0.137 e. The molecule has 4 heteroatoms. The molecule has 4 unspecified atom stereocenters. The standard InChI is InChI=1S/C26H32N2O2/c1-3-23(17-21-11-6-4-7-12-21)28-18-24(19-29-26(2)15-10-16-27-20-26)30-25(28)22-13-8-5-9-14-22/h4-16,23-25H,3,17-20H2,1-2H3. The van der Waals surface area contributed by atoms with Crippen LogP contribution in [0.4, 0.5) is 0 Å². The molecule has 0 aromatic heterocycles. The van der Waals surface area contributed by atoms with Crippen LogP contribution >= 0.6 is 0 Å². The SMILES string of the molecule is CCC(Cc1ccccc1)N1CC(COC2(C)C=CC=NC2)OC1c1ccccc1. The quantitative estimate of drug-likeness (QED) is 0.632. The molecule has 0 N–H and O–H groups in total. The van der Waals surface area contributed by atoms with E-state index in [1.54, 1.807) is 0 Å². The van der Waals surface area contributed by atoms with Crippen molar-refractivity contribution in [2.75, 3.05) is 19.7 Å². The highest BCUT2D eigenvalue weighted by atomic mass is 16.6. The monoisotopic (exact) mass is 404 g/mol. The van der Waals surface area contributed by atoms with Gasteiger partial charge in [-0.2, -0.15) is 0 Å². The van der Waals surface area contributed by atoms with E-state index in [-0.39, 0.29) is 17.9 Å². The first-order valence-electron chi connectivity index (χ1n) is 11.0. The van der Waals surface area contributed by atoms with Crippen molar-refractivity contribution in [2.24, 2.45) is 4.99 Å². The molecule has 4 nitrogen and oxygen atoms in total. The van der Waals surface area contributed by atoms with Gasteiger partial charge in [-0.25, -0.2) is 0 Å². The number of hydrogen-bond donors (Lipinski definition) is 0. The zero-order valence-electron chi connectivity index (χ0n) is 18.0. The predicted molar refractivity (Wildman–Crippen MR) is 122 cm³/mol. The van der Waals surface area contributed by atoms with Crippen molar-refractivity contribution < 1.29 is 9.47 Å². The van der Waals surface area contributed by atoms with E-state index >= 15 is 0 Å². The van der Waals surface area contributed by atoms with E-state index in [0.717, 1.165) is 19.4 Å². The molecule has 2 aromatic rings. The van der Waals surface area contributed by atoms with Gasteiger partial charge in [0.1, 0.15) is 11.8 Å². The third-order valence-corrected chi connectivity index (χ3v) is 6.02. The Morgan fingerprint density at radius 2 is 1.87 bits per heavy atom. The Labute approximate surface area is 180 Å². The number of rotatable bonds is 8. The second-order valence-corrected chi connectivity index (χ2v) is 8.44. The van der Waals surface area contributed by atoms with Gasteiger partial charge in [-0.05, 0) is 43.0 Å². The van der Waals surface area contributed by atoms with Gasteiger partial charge in [0.25, 0.3) is 0 Å². The fourth-order valence-corrected chi connectivity index (χ4v) is 4.31. The van der Waals surface area contributed by atoms with Crippen molar-refractivity contribution in [3.63, 3.8) is 0 Å². The number of ether oxygens (including phenoxy) is 2. The number of benzene rings is 2. The Hall–Kier alpha value is -2.27. The van der Waals surface area contributed by atoms with Gasteiger partial charge in [0.2, 0.25) is 0 Å². The molecule has 0 amide bonds. The summed E-state index contributed by atoms with van der Waals surface area (Å²) in [7, 11) is 0. The van der Waals surface area contributed by atoms with E-state index in [1.807, 2.05) is 12.3 Å². The molecule has 1 saturated heterocycles. The van der Waals surface area contributed by atoms with E-state index in [4.69, 9.17) is 9.47 Å². The lowest BCUT2D eigenvalue weighted by Crippen LogP contribution is -2.38. The molecule has 0 spiro atoms. The highest BCUT2D eigenvalue weighted by Gasteiger charge is 2.38. The first-order chi connectivity index (χ1) is 14.7. The smallest absolute Gasteiger partial charge is 0.137 e. The maximum atomic E-state index is 6.56. The number of allylic oxidation sites excluding steroid dienone is 1. The van der Waals surface area contributed by atoms with Crippen LogP contribution < -0.4 is 0 Å². The first-order valence-corrected chi connectivity index (χ1v) is 11.0. The number of aliphatic imine (C=N–C) groups is 1. The predicted octanol–water partition coefficient (Wildman–Crippen LogP) is 4.82. The van der Waals surface area contributed by atoms with E-state index < -0.39 is 0 Å². The molecule has 0 radical (unpaired) electrons.